The van der Waals surface area contributed by atoms with Gasteiger partial charge in [-0.05, 0) is 59.9 Å². The molecular formula is C25H33F2N3O2. The first kappa shape index (κ1) is 24.3. The molecular weight excluding hydrogens is 412 g/mol. The van der Waals surface area contributed by atoms with E-state index in [1.807, 2.05) is 12.4 Å². The van der Waals surface area contributed by atoms with Gasteiger partial charge >= 0.3 is 0 Å². The van der Waals surface area contributed by atoms with E-state index in [1.165, 1.54) is 24.6 Å². The van der Waals surface area contributed by atoms with Crippen molar-refractivity contribution in [3.8, 4) is 0 Å². The minimum absolute atomic E-state index is 0.118. The highest BCUT2D eigenvalue weighted by Gasteiger charge is 2.44. The molecule has 0 unspecified atom stereocenters. The first-order valence-electron chi connectivity index (χ1n) is 11.1. The molecule has 0 bridgehead atoms. The number of rotatable bonds is 9. The van der Waals surface area contributed by atoms with Gasteiger partial charge in [-0.25, -0.2) is 8.78 Å². The highest BCUT2D eigenvalue weighted by atomic mass is 19.1. The van der Waals surface area contributed by atoms with Crippen molar-refractivity contribution in [3.05, 3.63) is 65.0 Å². The highest BCUT2D eigenvalue weighted by Crippen LogP contribution is 2.45. The minimum atomic E-state index is -0.937. The molecule has 5 nitrogen and oxygen atoms in total. The van der Waals surface area contributed by atoms with Crippen molar-refractivity contribution in [1.29, 1.82) is 0 Å². The SMILES string of the molecule is CC(=O)N[C@@H](Cc1cc(F)cc(F)c1)[C@H](O)CNC1(c2cncc(CC(C)(C)C)c2)CC1. The predicted octanol–water partition coefficient (Wildman–Crippen LogP) is 3.64. The van der Waals surface area contributed by atoms with Crippen LogP contribution in [0.1, 0.15) is 57.2 Å². The molecule has 2 aromatic rings. The van der Waals surface area contributed by atoms with E-state index in [4.69, 9.17) is 0 Å². The molecule has 1 aromatic heterocycles. The summed E-state index contributed by atoms with van der Waals surface area (Å²) in [6.07, 6.45) is 5.71. The lowest BCUT2D eigenvalue weighted by atomic mass is 9.88. The maximum absolute atomic E-state index is 13.6. The number of halogens is 2. The Balaban J connectivity index is 1.68. The van der Waals surface area contributed by atoms with E-state index in [9.17, 15) is 18.7 Å². The molecule has 1 aliphatic rings. The molecule has 1 aliphatic carbocycles. The molecule has 3 N–H and O–H groups in total. The number of nitrogens with zero attached hydrogens (tertiary/aromatic N) is 1. The molecule has 1 saturated carbocycles. The van der Waals surface area contributed by atoms with Crippen molar-refractivity contribution in [3.63, 3.8) is 0 Å². The molecule has 174 valence electrons. The number of aliphatic hydroxyl groups excluding tert-OH is 1. The average molecular weight is 446 g/mol. The molecule has 0 spiro atoms. The number of amides is 1. The molecule has 0 aliphatic heterocycles. The Kier molecular flexibility index (Phi) is 7.30. The van der Waals surface area contributed by atoms with Crippen molar-refractivity contribution >= 4 is 5.91 Å². The van der Waals surface area contributed by atoms with Crippen LogP contribution in [0.25, 0.3) is 0 Å². The number of aromatic nitrogens is 1. The fourth-order valence-electron chi connectivity index (χ4n) is 4.12. The monoisotopic (exact) mass is 445 g/mol. The molecule has 2 atom stereocenters. The fraction of sp³-hybridized carbons (Fsp3) is 0.520. The van der Waals surface area contributed by atoms with Gasteiger partial charge in [0.15, 0.2) is 0 Å². The number of pyridine rings is 1. The number of benzene rings is 1. The van der Waals surface area contributed by atoms with E-state index in [0.717, 1.165) is 30.9 Å². The molecule has 0 radical (unpaired) electrons. The first-order chi connectivity index (χ1) is 15.0. The van der Waals surface area contributed by atoms with Crippen LogP contribution in [0.4, 0.5) is 8.78 Å². The Morgan fingerprint density at radius 3 is 2.34 bits per heavy atom. The van der Waals surface area contributed by atoms with Gasteiger partial charge in [0.2, 0.25) is 5.91 Å². The Hall–Kier alpha value is -2.38. The van der Waals surface area contributed by atoms with Crippen molar-refractivity contribution in [2.45, 2.75) is 71.1 Å². The number of carbonyl (C=O) groups is 1. The summed E-state index contributed by atoms with van der Waals surface area (Å²) in [5.41, 5.74) is 2.55. The molecule has 1 aromatic carbocycles. The Bertz CT molecular complexity index is 934. The lowest BCUT2D eigenvalue weighted by Crippen LogP contribution is -2.49. The second-order valence-corrected chi connectivity index (χ2v) is 10.1. The maximum atomic E-state index is 13.6. The van der Waals surface area contributed by atoms with Crippen LogP contribution in [0.5, 0.6) is 0 Å². The zero-order chi connectivity index (χ0) is 23.5. The van der Waals surface area contributed by atoms with E-state index >= 15 is 0 Å². The average Bonchev–Trinajstić information content (AvgIpc) is 3.44. The zero-order valence-corrected chi connectivity index (χ0v) is 19.2. The molecule has 1 amide bonds. The van der Waals surface area contributed by atoms with Gasteiger partial charge in [-0.1, -0.05) is 26.8 Å². The molecule has 1 fully saturated rings. The second-order valence-electron chi connectivity index (χ2n) is 10.1. The number of hydrogen-bond acceptors (Lipinski definition) is 4. The summed E-state index contributed by atoms with van der Waals surface area (Å²) in [6.45, 7) is 8.15. The van der Waals surface area contributed by atoms with Crippen LogP contribution in [0, 0.1) is 17.0 Å². The Morgan fingerprint density at radius 2 is 1.78 bits per heavy atom. The van der Waals surface area contributed by atoms with Gasteiger partial charge in [-0.15, -0.1) is 0 Å². The molecule has 32 heavy (non-hydrogen) atoms. The summed E-state index contributed by atoms with van der Waals surface area (Å²) in [4.78, 5) is 16.1. The predicted molar refractivity (Wildman–Crippen MR) is 120 cm³/mol. The van der Waals surface area contributed by atoms with Crippen LogP contribution in [0.3, 0.4) is 0 Å². The summed E-state index contributed by atoms with van der Waals surface area (Å²) in [7, 11) is 0. The van der Waals surface area contributed by atoms with Crippen LogP contribution in [-0.2, 0) is 23.2 Å². The van der Waals surface area contributed by atoms with Gasteiger partial charge in [-0.2, -0.15) is 0 Å². The van der Waals surface area contributed by atoms with Crippen molar-refractivity contribution in [1.82, 2.24) is 15.6 Å². The lowest BCUT2D eigenvalue weighted by Gasteiger charge is -2.27. The number of hydrogen-bond donors (Lipinski definition) is 3. The standard InChI is InChI=1S/C25H33F2N3O2/c1-16(31)30-22(10-17-8-20(26)11-21(27)9-17)23(32)15-29-25(5-6-25)19-7-18(13-28-14-19)12-24(2,3)4/h7-9,11,13-14,22-23,29,32H,5-6,10,12,15H2,1-4H3,(H,30,31)/t22-,23+/m0/s1. The third-order valence-electron chi connectivity index (χ3n) is 5.71. The normalized spacial score (nSPS) is 17.0. The van der Waals surface area contributed by atoms with Gasteiger partial charge in [-0.3, -0.25) is 9.78 Å². The van der Waals surface area contributed by atoms with Crippen molar-refractivity contribution in [2.75, 3.05) is 6.54 Å². The third kappa shape index (κ3) is 6.81. The fourth-order valence-corrected chi connectivity index (χ4v) is 4.12. The number of nitrogens with one attached hydrogen (secondary N) is 2. The van der Waals surface area contributed by atoms with Crippen LogP contribution in [0.2, 0.25) is 0 Å². The van der Waals surface area contributed by atoms with E-state index < -0.39 is 23.8 Å². The van der Waals surface area contributed by atoms with Crippen LogP contribution in [0.15, 0.2) is 36.7 Å². The summed E-state index contributed by atoms with van der Waals surface area (Å²) in [5, 5.41) is 17.0. The molecule has 7 heteroatoms. The topological polar surface area (TPSA) is 74.2 Å². The minimum Gasteiger partial charge on any atom is -0.390 e. The summed E-state index contributed by atoms with van der Waals surface area (Å²) in [5.74, 6) is -1.69. The van der Waals surface area contributed by atoms with Gasteiger partial charge < -0.3 is 15.7 Å². The quantitative estimate of drug-likeness (QED) is 0.551. The van der Waals surface area contributed by atoms with Crippen LogP contribution in [-0.4, -0.2) is 34.7 Å². The van der Waals surface area contributed by atoms with Crippen molar-refractivity contribution < 1.29 is 18.7 Å². The lowest BCUT2D eigenvalue weighted by molar-refractivity contribution is -0.120. The van der Waals surface area contributed by atoms with E-state index in [-0.39, 0.29) is 29.8 Å². The largest absolute Gasteiger partial charge is 0.390 e. The van der Waals surface area contributed by atoms with Gasteiger partial charge in [0, 0.05) is 37.5 Å². The third-order valence-corrected chi connectivity index (χ3v) is 5.71. The van der Waals surface area contributed by atoms with E-state index in [0.29, 0.717) is 5.56 Å². The molecule has 3 rings (SSSR count). The first-order valence-corrected chi connectivity index (χ1v) is 11.1. The Morgan fingerprint density at radius 1 is 1.12 bits per heavy atom. The zero-order valence-electron chi connectivity index (χ0n) is 19.2. The summed E-state index contributed by atoms with van der Waals surface area (Å²) >= 11 is 0. The van der Waals surface area contributed by atoms with Crippen molar-refractivity contribution in [2.24, 2.45) is 5.41 Å². The number of aliphatic hydroxyl groups is 1. The molecule has 1 heterocycles. The van der Waals surface area contributed by atoms with E-state index in [1.54, 1.807) is 0 Å². The Labute approximate surface area is 188 Å². The smallest absolute Gasteiger partial charge is 0.217 e. The maximum Gasteiger partial charge on any atom is 0.217 e. The summed E-state index contributed by atoms with van der Waals surface area (Å²) in [6, 6.07) is 4.72. The van der Waals surface area contributed by atoms with Gasteiger partial charge in [0.05, 0.1) is 12.1 Å². The number of carbonyl (C=O) groups excluding carboxylic acids is 1. The van der Waals surface area contributed by atoms with Crippen LogP contribution < -0.4 is 10.6 Å². The summed E-state index contributed by atoms with van der Waals surface area (Å²) < 4.78 is 27.1. The second kappa shape index (κ2) is 9.63. The van der Waals surface area contributed by atoms with Gasteiger partial charge in [0.25, 0.3) is 0 Å². The van der Waals surface area contributed by atoms with Gasteiger partial charge in [0.1, 0.15) is 11.6 Å². The van der Waals surface area contributed by atoms with Crippen LogP contribution >= 0.6 is 0 Å². The molecule has 0 saturated heterocycles. The highest BCUT2D eigenvalue weighted by molar-refractivity contribution is 5.73. The van der Waals surface area contributed by atoms with E-state index in [2.05, 4.69) is 42.5 Å².